The Morgan fingerprint density at radius 1 is 1.43 bits per heavy atom. The van der Waals surface area contributed by atoms with Gasteiger partial charge in [0.1, 0.15) is 0 Å². The fourth-order valence-electron chi connectivity index (χ4n) is 1.73. The van der Waals surface area contributed by atoms with Crippen molar-refractivity contribution in [2.45, 2.75) is 32.6 Å². The first-order valence-corrected chi connectivity index (χ1v) is 5.69. The van der Waals surface area contributed by atoms with Crippen LogP contribution in [0, 0.1) is 5.92 Å². The van der Waals surface area contributed by atoms with Gasteiger partial charge in [0.25, 0.3) is 0 Å². The third-order valence-corrected chi connectivity index (χ3v) is 2.78. The summed E-state index contributed by atoms with van der Waals surface area (Å²) in [5.74, 6) is 0.859. The van der Waals surface area contributed by atoms with Crippen LogP contribution in [-0.4, -0.2) is 25.5 Å². The standard InChI is InChI=1S/C13H23N/c1-12-6-4-8-13(9-5-7-12)10-11-14(2)3/h4,8-9,12H,5-7,10-11H2,1-3H3/b8-4-,13-9?. The second kappa shape index (κ2) is 6.02. The molecule has 1 unspecified atom stereocenters. The summed E-state index contributed by atoms with van der Waals surface area (Å²) in [5, 5.41) is 0. The van der Waals surface area contributed by atoms with E-state index < -0.39 is 0 Å². The molecular weight excluding hydrogens is 170 g/mol. The lowest BCUT2D eigenvalue weighted by molar-refractivity contribution is 0.413. The van der Waals surface area contributed by atoms with Gasteiger partial charge in [-0.3, -0.25) is 0 Å². The lowest BCUT2D eigenvalue weighted by atomic mass is 9.96. The molecule has 0 saturated heterocycles. The highest BCUT2D eigenvalue weighted by Crippen LogP contribution is 2.18. The van der Waals surface area contributed by atoms with Crippen LogP contribution in [0.4, 0.5) is 0 Å². The van der Waals surface area contributed by atoms with Gasteiger partial charge in [0, 0.05) is 6.54 Å². The highest BCUT2D eigenvalue weighted by Gasteiger charge is 2.02. The van der Waals surface area contributed by atoms with Gasteiger partial charge in [0.05, 0.1) is 0 Å². The summed E-state index contributed by atoms with van der Waals surface area (Å²) in [6.07, 6.45) is 12.1. The van der Waals surface area contributed by atoms with Crippen LogP contribution < -0.4 is 0 Å². The lowest BCUT2D eigenvalue weighted by Gasteiger charge is -2.13. The van der Waals surface area contributed by atoms with Crippen molar-refractivity contribution >= 4 is 0 Å². The molecule has 0 radical (unpaired) electrons. The zero-order chi connectivity index (χ0) is 10.4. The smallest absolute Gasteiger partial charge is 0.00156 e. The van der Waals surface area contributed by atoms with Crippen molar-refractivity contribution in [1.29, 1.82) is 0 Å². The molecule has 1 rings (SSSR count). The predicted octanol–water partition coefficient (Wildman–Crippen LogP) is 3.24. The second-order valence-electron chi connectivity index (χ2n) is 4.65. The number of rotatable bonds is 3. The van der Waals surface area contributed by atoms with Crippen molar-refractivity contribution in [1.82, 2.24) is 4.90 Å². The molecule has 1 aliphatic rings. The van der Waals surface area contributed by atoms with Crippen LogP contribution in [0.5, 0.6) is 0 Å². The molecule has 0 spiro atoms. The van der Waals surface area contributed by atoms with Gasteiger partial charge in [0.15, 0.2) is 0 Å². The van der Waals surface area contributed by atoms with Gasteiger partial charge in [-0.25, -0.2) is 0 Å². The van der Waals surface area contributed by atoms with Crippen molar-refractivity contribution < 1.29 is 0 Å². The summed E-state index contributed by atoms with van der Waals surface area (Å²) in [5.41, 5.74) is 1.52. The first-order valence-electron chi connectivity index (χ1n) is 5.69. The van der Waals surface area contributed by atoms with E-state index in [0.29, 0.717) is 0 Å². The molecule has 1 atom stereocenters. The molecule has 1 nitrogen and oxygen atoms in total. The molecular formula is C13H23N. The molecule has 1 heteroatoms. The van der Waals surface area contributed by atoms with Crippen molar-refractivity contribution in [2.24, 2.45) is 5.92 Å². The average Bonchev–Trinajstić information content (AvgIpc) is 2.08. The molecule has 0 fully saturated rings. The minimum atomic E-state index is 0.859. The highest BCUT2D eigenvalue weighted by atomic mass is 15.0. The van der Waals surface area contributed by atoms with Crippen LogP contribution in [0.25, 0.3) is 0 Å². The Labute approximate surface area is 88.5 Å². The highest BCUT2D eigenvalue weighted by molar-refractivity contribution is 5.19. The summed E-state index contributed by atoms with van der Waals surface area (Å²) < 4.78 is 0. The van der Waals surface area contributed by atoms with E-state index in [0.717, 1.165) is 12.5 Å². The molecule has 80 valence electrons. The third kappa shape index (κ3) is 4.61. The SMILES string of the molecule is CC1C/C=C\C(CCN(C)C)=CCC1. The largest absolute Gasteiger partial charge is 0.309 e. The average molecular weight is 193 g/mol. The summed E-state index contributed by atoms with van der Waals surface area (Å²) >= 11 is 0. The van der Waals surface area contributed by atoms with Gasteiger partial charge in [-0.15, -0.1) is 0 Å². The van der Waals surface area contributed by atoms with E-state index in [1.165, 1.54) is 31.3 Å². The Morgan fingerprint density at radius 3 is 2.93 bits per heavy atom. The van der Waals surface area contributed by atoms with Gasteiger partial charge in [-0.2, -0.15) is 0 Å². The van der Waals surface area contributed by atoms with Gasteiger partial charge in [0.2, 0.25) is 0 Å². The van der Waals surface area contributed by atoms with Crippen LogP contribution in [0.15, 0.2) is 23.8 Å². The van der Waals surface area contributed by atoms with E-state index in [4.69, 9.17) is 0 Å². The topological polar surface area (TPSA) is 3.24 Å². The van der Waals surface area contributed by atoms with Gasteiger partial charge >= 0.3 is 0 Å². The zero-order valence-corrected chi connectivity index (χ0v) is 9.79. The monoisotopic (exact) mass is 193 g/mol. The number of allylic oxidation sites excluding steroid dienone is 3. The summed E-state index contributed by atoms with van der Waals surface area (Å²) in [6.45, 7) is 3.49. The van der Waals surface area contributed by atoms with E-state index in [9.17, 15) is 0 Å². The van der Waals surface area contributed by atoms with Crippen LogP contribution in [0.2, 0.25) is 0 Å². The molecule has 0 amide bonds. The van der Waals surface area contributed by atoms with E-state index in [2.05, 4.69) is 44.1 Å². The Balaban J connectivity index is 2.40. The number of hydrogen-bond acceptors (Lipinski definition) is 1. The quantitative estimate of drug-likeness (QED) is 0.665. The van der Waals surface area contributed by atoms with Crippen LogP contribution in [0.3, 0.4) is 0 Å². The molecule has 0 aromatic rings. The van der Waals surface area contributed by atoms with Crippen molar-refractivity contribution in [3.63, 3.8) is 0 Å². The molecule has 0 bridgehead atoms. The summed E-state index contributed by atoms with van der Waals surface area (Å²) in [4.78, 5) is 2.25. The molecule has 0 aliphatic heterocycles. The Kier molecular flexibility index (Phi) is 4.95. The fraction of sp³-hybridized carbons (Fsp3) is 0.692. The van der Waals surface area contributed by atoms with Crippen LogP contribution >= 0.6 is 0 Å². The van der Waals surface area contributed by atoms with E-state index in [-0.39, 0.29) is 0 Å². The van der Waals surface area contributed by atoms with Crippen molar-refractivity contribution in [2.75, 3.05) is 20.6 Å². The van der Waals surface area contributed by atoms with Crippen molar-refractivity contribution in [3.8, 4) is 0 Å². The molecule has 0 aromatic carbocycles. The number of nitrogens with zero attached hydrogens (tertiary/aromatic N) is 1. The van der Waals surface area contributed by atoms with Gasteiger partial charge < -0.3 is 4.90 Å². The summed E-state index contributed by atoms with van der Waals surface area (Å²) in [7, 11) is 4.27. The molecule has 0 saturated carbocycles. The fourth-order valence-corrected chi connectivity index (χ4v) is 1.73. The van der Waals surface area contributed by atoms with E-state index in [1.807, 2.05) is 0 Å². The normalized spacial score (nSPS) is 25.4. The molecule has 0 aromatic heterocycles. The molecule has 14 heavy (non-hydrogen) atoms. The Hall–Kier alpha value is -0.560. The maximum absolute atomic E-state index is 2.41. The lowest BCUT2D eigenvalue weighted by Crippen LogP contribution is -2.13. The predicted molar refractivity (Wildman–Crippen MR) is 63.4 cm³/mol. The summed E-state index contributed by atoms with van der Waals surface area (Å²) in [6, 6.07) is 0. The van der Waals surface area contributed by atoms with Crippen molar-refractivity contribution in [3.05, 3.63) is 23.8 Å². The third-order valence-electron chi connectivity index (χ3n) is 2.78. The van der Waals surface area contributed by atoms with Crippen LogP contribution in [0.1, 0.15) is 32.6 Å². The number of hydrogen-bond donors (Lipinski definition) is 0. The minimum Gasteiger partial charge on any atom is -0.309 e. The molecule has 0 heterocycles. The Bertz CT molecular complexity index is 213. The first-order chi connectivity index (χ1) is 6.68. The molecule has 1 aliphatic carbocycles. The van der Waals surface area contributed by atoms with Gasteiger partial charge in [-0.05, 0) is 45.7 Å². The minimum absolute atomic E-state index is 0.859. The zero-order valence-electron chi connectivity index (χ0n) is 9.79. The van der Waals surface area contributed by atoms with Gasteiger partial charge in [-0.1, -0.05) is 30.7 Å². The molecule has 0 N–H and O–H groups in total. The van der Waals surface area contributed by atoms with Crippen LogP contribution in [-0.2, 0) is 0 Å². The van der Waals surface area contributed by atoms with E-state index in [1.54, 1.807) is 0 Å². The maximum Gasteiger partial charge on any atom is 0.00156 e. The Morgan fingerprint density at radius 2 is 2.21 bits per heavy atom. The first kappa shape index (κ1) is 11.5. The van der Waals surface area contributed by atoms with E-state index >= 15 is 0 Å². The second-order valence-corrected chi connectivity index (χ2v) is 4.65. The maximum atomic E-state index is 2.41.